The zero-order chi connectivity index (χ0) is 10.9. The second kappa shape index (κ2) is 7.59. The van der Waals surface area contributed by atoms with Crippen molar-refractivity contribution < 1.29 is 5.11 Å². The molecule has 15 heavy (non-hydrogen) atoms. The van der Waals surface area contributed by atoms with E-state index in [-0.39, 0.29) is 0 Å². The van der Waals surface area contributed by atoms with Crippen molar-refractivity contribution in [3.63, 3.8) is 0 Å². The summed E-state index contributed by atoms with van der Waals surface area (Å²) in [5.41, 5.74) is 0. The van der Waals surface area contributed by atoms with Gasteiger partial charge >= 0.3 is 0 Å². The van der Waals surface area contributed by atoms with Crippen molar-refractivity contribution >= 4 is 21.7 Å². The Bertz CT molecular complexity index is 283. The van der Waals surface area contributed by atoms with Crippen LogP contribution in [0.4, 0.5) is 5.82 Å². The van der Waals surface area contributed by atoms with Crippen molar-refractivity contribution in [3.05, 3.63) is 17.0 Å². The highest BCUT2D eigenvalue weighted by Crippen LogP contribution is 2.16. The standard InChI is InChI=1S/C10H16BrN3O/c11-9-7-12-8-14-10(9)13-5-3-1-2-4-6-15/h7-8,15H,1-6H2,(H,12,13,14). The number of aliphatic hydroxyl groups is 1. The van der Waals surface area contributed by atoms with Gasteiger partial charge in [-0.25, -0.2) is 9.97 Å². The molecular formula is C10H16BrN3O. The predicted molar refractivity (Wildman–Crippen MR) is 63.8 cm³/mol. The molecule has 84 valence electrons. The van der Waals surface area contributed by atoms with Gasteiger partial charge in [0.05, 0.1) is 4.47 Å². The van der Waals surface area contributed by atoms with E-state index in [1.54, 1.807) is 6.20 Å². The van der Waals surface area contributed by atoms with Gasteiger partial charge in [-0.15, -0.1) is 0 Å². The second-order valence-electron chi connectivity index (χ2n) is 3.28. The second-order valence-corrected chi connectivity index (χ2v) is 4.14. The number of nitrogens with zero attached hydrogens (tertiary/aromatic N) is 2. The van der Waals surface area contributed by atoms with Crippen molar-refractivity contribution in [2.45, 2.75) is 25.7 Å². The molecule has 0 atom stereocenters. The summed E-state index contributed by atoms with van der Waals surface area (Å²) in [6.45, 7) is 1.20. The molecule has 0 aliphatic carbocycles. The van der Waals surface area contributed by atoms with E-state index in [1.807, 2.05) is 0 Å². The van der Waals surface area contributed by atoms with Crippen LogP contribution in [0.3, 0.4) is 0 Å². The summed E-state index contributed by atoms with van der Waals surface area (Å²) >= 11 is 3.37. The minimum atomic E-state index is 0.297. The number of hydrogen-bond donors (Lipinski definition) is 2. The Morgan fingerprint density at radius 3 is 2.80 bits per heavy atom. The molecule has 0 aromatic carbocycles. The Morgan fingerprint density at radius 2 is 2.07 bits per heavy atom. The molecule has 5 heteroatoms. The van der Waals surface area contributed by atoms with Crippen LogP contribution in [-0.4, -0.2) is 28.2 Å². The molecule has 0 fully saturated rings. The molecule has 0 amide bonds. The Kier molecular flexibility index (Phi) is 6.27. The summed E-state index contributed by atoms with van der Waals surface area (Å²) in [6, 6.07) is 0. The summed E-state index contributed by atoms with van der Waals surface area (Å²) in [6.07, 6.45) is 7.47. The molecule has 0 unspecified atom stereocenters. The fourth-order valence-electron chi connectivity index (χ4n) is 1.24. The van der Waals surface area contributed by atoms with Gasteiger partial charge in [0, 0.05) is 19.3 Å². The first-order valence-corrected chi connectivity index (χ1v) is 5.94. The maximum Gasteiger partial charge on any atom is 0.143 e. The van der Waals surface area contributed by atoms with Gasteiger partial charge in [0.2, 0.25) is 0 Å². The van der Waals surface area contributed by atoms with Crippen molar-refractivity contribution in [2.75, 3.05) is 18.5 Å². The van der Waals surface area contributed by atoms with Crippen LogP contribution < -0.4 is 5.32 Å². The van der Waals surface area contributed by atoms with Gasteiger partial charge < -0.3 is 10.4 Å². The number of unbranched alkanes of at least 4 members (excludes halogenated alkanes) is 3. The zero-order valence-corrected chi connectivity index (χ0v) is 10.2. The fourth-order valence-corrected chi connectivity index (χ4v) is 1.60. The summed E-state index contributed by atoms with van der Waals surface area (Å²) in [4.78, 5) is 7.99. The fraction of sp³-hybridized carbons (Fsp3) is 0.600. The highest BCUT2D eigenvalue weighted by Gasteiger charge is 1.98. The Morgan fingerprint density at radius 1 is 1.27 bits per heavy atom. The number of aromatic nitrogens is 2. The van der Waals surface area contributed by atoms with Crippen LogP contribution in [-0.2, 0) is 0 Å². The molecule has 1 aromatic rings. The molecule has 0 saturated carbocycles. The van der Waals surface area contributed by atoms with E-state index in [1.165, 1.54) is 6.33 Å². The lowest BCUT2D eigenvalue weighted by molar-refractivity contribution is 0.283. The van der Waals surface area contributed by atoms with Gasteiger partial charge in [-0.3, -0.25) is 0 Å². The minimum absolute atomic E-state index is 0.297. The Balaban J connectivity index is 2.12. The maximum absolute atomic E-state index is 8.60. The smallest absolute Gasteiger partial charge is 0.143 e. The number of rotatable bonds is 7. The maximum atomic E-state index is 8.60. The van der Waals surface area contributed by atoms with E-state index in [4.69, 9.17) is 5.11 Å². The average molecular weight is 274 g/mol. The van der Waals surface area contributed by atoms with Crippen LogP contribution >= 0.6 is 15.9 Å². The van der Waals surface area contributed by atoms with Crippen LogP contribution in [0.5, 0.6) is 0 Å². The van der Waals surface area contributed by atoms with Crippen LogP contribution in [0, 0.1) is 0 Å². The first-order valence-electron chi connectivity index (χ1n) is 5.15. The van der Waals surface area contributed by atoms with E-state index in [9.17, 15) is 0 Å². The van der Waals surface area contributed by atoms with Crippen LogP contribution in [0.2, 0.25) is 0 Å². The monoisotopic (exact) mass is 273 g/mol. The highest BCUT2D eigenvalue weighted by molar-refractivity contribution is 9.10. The summed E-state index contributed by atoms with van der Waals surface area (Å²) in [5, 5.41) is 11.8. The van der Waals surface area contributed by atoms with E-state index < -0.39 is 0 Å². The van der Waals surface area contributed by atoms with Gasteiger partial charge in [0.25, 0.3) is 0 Å². The summed E-state index contributed by atoms with van der Waals surface area (Å²) < 4.78 is 0.889. The highest BCUT2D eigenvalue weighted by atomic mass is 79.9. The number of nitrogens with one attached hydrogen (secondary N) is 1. The summed E-state index contributed by atoms with van der Waals surface area (Å²) in [5.74, 6) is 0.840. The average Bonchev–Trinajstić information content (AvgIpc) is 2.25. The van der Waals surface area contributed by atoms with Gasteiger partial charge in [-0.05, 0) is 28.8 Å². The van der Waals surface area contributed by atoms with Crippen molar-refractivity contribution in [3.8, 4) is 0 Å². The van der Waals surface area contributed by atoms with E-state index in [2.05, 4.69) is 31.2 Å². The molecule has 0 aliphatic rings. The quantitative estimate of drug-likeness (QED) is 0.748. The Labute approximate surface area is 98.3 Å². The minimum Gasteiger partial charge on any atom is -0.396 e. The Hall–Kier alpha value is -0.680. The first kappa shape index (κ1) is 12.4. The summed E-state index contributed by atoms with van der Waals surface area (Å²) in [7, 11) is 0. The van der Waals surface area contributed by atoms with Gasteiger partial charge in [0.15, 0.2) is 0 Å². The molecule has 0 saturated heterocycles. The predicted octanol–water partition coefficient (Wildman–Crippen LogP) is 2.20. The van der Waals surface area contributed by atoms with Gasteiger partial charge in [0.1, 0.15) is 12.1 Å². The third-order valence-electron chi connectivity index (χ3n) is 2.04. The largest absolute Gasteiger partial charge is 0.396 e. The van der Waals surface area contributed by atoms with Gasteiger partial charge in [-0.2, -0.15) is 0 Å². The number of halogens is 1. The number of anilines is 1. The molecule has 1 heterocycles. The molecule has 2 N–H and O–H groups in total. The lowest BCUT2D eigenvalue weighted by Crippen LogP contribution is -2.04. The number of hydrogen-bond acceptors (Lipinski definition) is 4. The molecule has 0 bridgehead atoms. The van der Waals surface area contributed by atoms with Crippen LogP contribution in [0.1, 0.15) is 25.7 Å². The third-order valence-corrected chi connectivity index (χ3v) is 2.63. The van der Waals surface area contributed by atoms with Crippen molar-refractivity contribution in [1.82, 2.24) is 9.97 Å². The zero-order valence-electron chi connectivity index (χ0n) is 8.62. The van der Waals surface area contributed by atoms with Crippen molar-refractivity contribution in [1.29, 1.82) is 0 Å². The van der Waals surface area contributed by atoms with E-state index in [0.717, 1.165) is 42.5 Å². The van der Waals surface area contributed by atoms with E-state index in [0.29, 0.717) is 6.61 Å². The van der Waals surface area contributed by atoms with E-state index >= 15 is 0 Å². The third kappa shape index (κ3) is 5.09. The first-order chi connectivity index (χ1) is 7.34. The molecule has 1 rings (SSSR count). The molecule has 0 radical (unpaired) electrons. The normalized spacial score (nSPS) is 10.3. The SMILES string of the molecule is OCCCCCCNc1ncncc1Br. The molecule has 1 aromatic heterocycles. The number of aliphatic hydroxyl groups excluding tert-OH is 1. The topological polar surface area (TPSA) is 58.0 Å². The van der Waals surface area contributed by atoms with Crippen LogP contribution in [0.25, 0.3) is 0 Å². The lowest BCUT2D eigenvalue weighted by atomic mass is 10.2. The molecule has 0 spiro atoms. The molecule has 0 aliphatic heterocycles. The van der Waals surface area contributed by atoms with Crippen molar-refractivity contribution in [2.24, 2.45) is 0 Å². The van der Waals surface area contributed by atoms with Gasteiger partial charge in [-0.1, -0.05) is 12.8 Å². The van der Waals surface area contributed by atoms with Crippen LogP contribution in [0.15, 0.2) is 17.0 Å². The molecular weight excluding hydrogens is 258 g/mol. The molecule has 4 nitrogen and oxygen atoms in total. The lowest BCUT2D eigenvalue weighted by Gasteiger charge is -2.06.